The van der Waals surface area contributed by atoms with Crippen LogP contribution in [0.1, 0.15) is 25.3 Å². The standard InChI is InChI=1S/C23H27N3O5S2/c1-4-26-19-7-6-17(14-21(19)32-23(26)28)33(29,30)25-11-9-16(10-12-25)22(27)24-18-13-15(2)5-8-20(18)31-3/h5-8,13-14,16H,4,9-12H2,1-3H3,(H,24,27). The fourth-order valence-electron chi connectivity index (χ4n) is 4.17. The third-order valence-electron chi connectivity index (χ3n) is 6.03. The van der Waals surface area contributed by atoms with Crippen LogP contribution in [0.4, 0.5) is 5.69 Å². The van der Waals surface area contributed by atoms with Gasteiger partial charge in [0.2, 0.25) is 15.9 Å². The summed E-state index contributed by atoms with van der Waals surface area (Å²) in [4.78, 5) is 25.0. The molecule has 33 heavy (non-hydrogen) atoms. The van der Waals surface area contributed by atoms with Crippen LogP contribution in [-0.2, 0) is 21.4 Å². The molecule has 1 N–H and O–H groups in total. The number of aromatic nitrogens is 1. The third-order valence-corrected chi connectivity index (χ3v) is 8.87. The Hall–Kier alpha value is -2.69. The summed E-state index contributed by atoms with van der Waals surface area (Å²) in [5.41, 5.74) is 2.36. The molecule has 0 atom stereocenters. The number of amides is 1. The number of carbonyl (C=O) groups is 1. The van der Waals surface area contributed by atoms with Crippen molar-refractivity contribution in [3.63, 3.8) is 0 Å². The number of sulfonamides is 1. The molecule has 1 aliphatic rings. The quantitative estimate of drug-likeness (QED) is 0.572. The Morgan fingerprint density at radius 3 is 2.58 bits per heavy atom. The zero-order valence-corrected chi connectivity index (χ0v) is 20.5. The van der Waals surface area contributed by atoms with Gasteiger partial charge in [0, 0.05) is 25.6 Å². The number of aryl methyl sites for hydroxylation is 2. The van der Waals surface area contributed by atoms with Gasteiger partial charge in [-0.05, 0) is 62.6 Å². The first-order chi connectivity index (χ1) is 15.7. The van der Waals surface area contributed by atoms with Crippen molar-refractivity contribution < 1.29 is 17.9 Å². The molecule has 1 aliphatic heterocycles. The lowest BCUT2D eigenvalue weighted by atomic mass is 9.97. The van der Waals surface area contributed by atoms with Gasteiger partial charge in [-0.15, -0.1) is 0 Å². The lowest BCUT2D eigenvalue weighted by Crippen LogP contribution is -2.41. The van der Waals surface area contributed by atoms with Crippen molar-refractivity contribution in [3.05, 3.63) is 51.6 Å². The zero-order chi connectivity index (χ0) is 23.8. The molecule has 0 unspecified atom stereocenters. The predicted molar refractivity (Wildman–Crippen MR) is 130 cm³/mol. The molecule has 1 amide bonds. The van der Waals surface area contributed by atoms with Crippen molar-refractivity contribution in [3.8, 4) is 5.75 Å². The average molecular weight is 490 g/mol. The van der Waals surface area contributed by atoms with Crippen molar-refractivity contribution in [1.82, 2.24) is 8.87 Å². The van der Waals surface area contributed by atoms with Gasteiger partial charge in [-0.1, -0.05) is 17.4 Å². The molecule has 1 fully saturated rings. The fourth-order valence-corrected chi connectivity index (χ4v) is 6.73. The topological polar surface area (TPSA) is 97.7 Å². The van der Waals surface area contributed by atoms with Crippen molar-refractivity contribution in [2.45, 2.75) is 38.1 Å². The molecule has 0 bridgehead atoms. The Morgan fingerprint density at radius 1 is 1.18 bits per heavy atom. The summed E-state index contributed by atoms with van der Waals surface area (Å²) in [6.45, 7) is 4.87. The fraction of sp³-hybridized carbons (Fsp3) is 0.391. The number of benzene rings is 2. The normalized spacial score (nSPS) is 15.6. The van der Waals surface area contributed by atoms with E-state index in [9.17, 15) is 18.0 Å². The minimum atomic E-state index is -3.71. The van der Waals surface area contributed by atoms with Gasteiger partial charge in [0.05, 0.1) is 27.9 Å². The number of carbonyl (C=O) groups excluding carboxylic acids is 1. The monoisotopic (exact) mass is 489 g/mol. The number of piperidine rings is 1. The van der Waals surface area contributed by atoms with E-state index in [2.05, 4.69) is 5.32 Å². The van der Waals surface area contributed by atoms with Gasteiger partial charge in [-0.25, -0.2) is 8.42 Å². The van der Waals surface area contributed by atoms with Crippen LogP contribution in [0.3, 0.4) is 0 Å². The maximum atomic E-state index is 13.2. The van der Waals surface area contributed by atoms with Crippen LogP contribution < -0.4 is 14.9 Å². The highest BCUT2D eigenvalue weighted by molar-refractivity contribution is 7.89. The number of hydrogen-bond acceptors (Lipinski definition) is 6. The lowest BCUT2D eigenvalue weighted by Gasteiger charge is -2.30. The van der Waals surface area contributed by atoms with Crippen LogP contribution in [-0.4, -0.2) is 43.4 Å². The van der Waals surface area contributed by atoms with Crippen LogP contribution in [0.15, 0.2) is 46.1 Å². The van der Waals surface area contributed by atoms with Gasteiger partial charge in [-0.3, -0.25) is 14.2 Å². The second-order valence-corrected chi connectivity index (χ2v) is 11.0. The minimum Gasteiger partial charge on any atom is -0.495 e. The first-order valence-electron chi connectivity index (χ1n) is 10.8. The summed E-state index contributed by atoms with van der Waals surface area (Å²) in [7, 11) is -2.16. The zero-order valence-electron chi connectivity index (χ0n) is 18.8. The van der Waals surface area contributed by atoms with E-state index in [0.29, 0.717) is 35.5 Å². The summed E-state index contributed by atoms with van der Waals surface area (Å²) in [5.74, 6) is 0.166. The summed E-state index contributed by atoms with van der Waals surface area (Å²) < 4.78 is 35.4. The van der Waals surface area contributed by atoms with Crippen LogP contribution in [0, 0.1) is 12.8 Å². The van der Waals surface area contributed by atoms with Crippen molar-refractivity contribution in [2.24, 2.45) is 5.92 Å². The molecule has 1 saturated heterocycles. The first kappa shape index (κ1) is 23.5. The van der Waals surface area contributed by atoms with Crippen LogP contribution in [0.25, 0.3) is 10.2 Å². The summed E-state index contributed by atoms with van der Waals surface area (Å²) in [6, 6.07) is 10.4. The van der Waals surface area contributed by atoms with E-state index in [1.807, 2.05) is 32.0 Å². The number of thiazole rings is 1. The van der Waals surface area contributed by atoms with E-state index in [1.54, 1.807) is 29.9 Å². The molecule has 2 aromatic carbocycles. The lowest BCUT2D eigenvalue weighted by molar-refractivity contribution is -0.120. The van der Waals surface area contributed by atoms with Crippen molar-refractivity contribution in [2.75, 3.05) is 25.5 Å². The Labute approximate surface area is 196 Å². The third kappa shape index (κ3) is 4.55. The Balaban J connectivity index is 1.46. The number of ether oxygens (including phenoxy) is 1. The van der Waals surface area contributed by atoms with E-state index in [0.717, 1.165) is 22.4 Å². The van der Waals surface area contributed by atoms with Gasteiger partial charge in [-0.2, -0.15) is 4.31 Å². The van der Waals surface area contributed by atoms with Gasteiger partial charge in [0.15, 0.2) is 0 Å². The molecule has 0 aliphatic carbocycles. The smallest absolute Gasteiger partial charge is 0.308 e. The predicted octanol–water partition coefficient (Wildman–Crippen LogP) is 3.44. The molecule has 176 valence electrons. The molecule has 0 spiro atoms. The largest absolute Gasteiger partial charge is 0.495 e. The Kier molecular flexibility index (Phi) is 6.60. The molecular weight excluding hydrogens is 462 g/mol. The maximum absolute atomic E-state index is 13.2. The Bertz CT molecular complexity index is 1350. The molecule has 2 heterocycles. The van der Waals surface area contributed by atoms with Gasteiger partial charge >= 0.3 is 4.87 Å². The van der Waals surface area contributed by atoms with E-state index in [-0.39, 0.29) is 34.7 Å². The van der Waals surface area contributed by atoms with Crippen molar-refractivity contribution in [1.29, 1.82) is 0 Å². The van der Waals surface area contributed by atoms with Gasteiger partial charge in [0.1, 0.15) is 5.75 Å². The molecule has 0 saturated carbocycles. The number of anilines is 1. The highest BCUT2D eigenvalue weighted by atomic mass is 32.2. The maximum Gasteiger partial charge on any atom is 0.308 e. The van der Waals surface area contributed by atoms with E-state index < -0.39 is 10.0 Å². The second kappa shape index (κ2) is 9.28. The van der Waals surface area contributed by atoms with Crippen LogP contribution in [0.5, 0.6) is 5.75 Å². The van der Waals surface area contributed by atoms with E-state index in [4.69, 9.17) is 4.74 Å². The molecule has 4 rings (SSSR count). The number of nitrogens with one attached hydrogen (secondary N) is 1. The van der Waals surface area contributed by atoms with Gasteiger partial charge in [0.25, 0.3) is 0 Å². The number of rotatable bonds is 6. The number of fused-ring (bicyclic) bond motifs is 1. The highest BCUT2D eigenvalue weighted by Crippen LogP contribution is 2.30. The minimum absolute atomic E-state index is 0.0980. The van der Waals surface area contributed by atoms with Gasteiger partial charge < -0.3 is 10.1 Å². The van der Waals surface area contributed by atoms with E-state index in [1.165, 1.54) is 4.31 Å². The average Bonchev–Trinajstić information content (AvgIpc) is 3.13. The molecule has 1 aromatic heterocycles. The Morgan fingerprint density at radius 2 is 1.91 bits per heavy atom. The summed E-state index contributed by atoms with van der Waals surface area (Å²) in [5, 5.41) is 2.93. The molecular formula is C23H27N3O5S2. The SMILES string of the molecule is CCn1c(=O)sc2cc(S(=O)(=O)N3CCC(C(=O)Nc4cc(C)ccc4OC)CC3)ccc21. The molecule has 10 heteroatoms. The van der Waals surface area contributed by atoms with Crippen molar-refractivity contribution >= 4 is 43.2 Å². The number of nitrogens with zero attached hydrogens (tertiary/aromatic N) is 2. The number of hydrogen-bond donors (Lipinski definition) is 1. The van der Waals surface area contributed by atoms with Crippen LogP contribution in [0.2, 0.25) is 0 Å². The van der Waals surface area contributed by atoms with E-state index >= 15 is 0 Å². The first-order valence-corrected chi connectivity index (χ1v) is 13.1. The molecule has 3 aromatic rings. The summed E-state index contributed by atoms with van der Waals surface area (Å²) in [6.07, 6.45) is 0.863. The number of methoxy groups -OCH3 is 1. The highest BCUT2D eigenvalue weighted by Gasteiger charge is 2.32. The summed E-state index contributed by atoms with van der Waals surface area (Å²) >= 11 is 1.05. The van der Waals surface area contributed by atoms with Crippen LogP contribution >= 0.6 is 11.3 Å². The molecule has 8 nitrogen and oxygen atoms in total. The molecule has 0 radical (unpaired) electrons. The second-order valence-electron chi connectivity index (χ2n) is 8.11.